The van der Waals surface area contributed by atoms with Crippen molar-refractivity contribution in [2.45, 2.75) is 17.7 Å². The van der Waals surface area contributed by atoms with Crippen LogP contribution in [0.15, 0.2) is 71.8 Å². The Kier molecular flexibility index (Phi) is 7.27. The minimum atomic E-state index is -3.74. The van der Waals surface area contributed by atoms with Gasteiger partial charge in [0.15, 0.2) is 0 Å². The molecule has 1 amide bonds. The van der Waals surface area contributed by atoms with Gasteiger partial charge in [-0.05, 0) is 48.9 Å². The number of benzene rings is 2. The maximum atomic E-state index is 13.0. The van der Waals surface area contributed by atoms with Gasteiger partial charge < -0.3 is 10.1 Å². The predicted molar refractivity (Wildman–Crippen MR) is 113 cm³/mol. The van der Waals surface area contributed by atoms with E-state index in [1.165, 1.54) is 25.4 Å². The lowest BCUT2D eigenvalue weighted by atomic mass is 10.2. The third kappa shape index (κ3) is 6.30. The zero-order valence-electron chi connectivity index (χ0n) is 16.7. The molecule has 31 heavy (non-hydrogen) atoms. The molecule has 0 radical (unpaired) electrons. The zero-order chi connectivity index (χ0) is 22.3. The van der Waals surface area contributed by atoms with E-state index in [1.54, 1.807) is 36.4 Å². The van der Waals surface area contributed by atoms with Crippen LogP contribution in [0.25, 0.3) is 0 Å². The number of halogens is 1. The minimum Gasteiger partial charge on any atom is -0.437 e. The Morgan fingerprint density at radius 2 is 1.90 bits per heavy atom. The van der Waals surface area contributed by atoms with Crippen LogP contribution in [0.1, 0.15) is 12.8 Å². The molecule has 0 saturated carbocycles. The average molecular weight is 444 g/mol. The SMILES string of the molecule is CN(CCCC(=O)Nc1cccc(Oc2cccnn2)c1)S(=O)(=O)c1ccc(F)cc1. The number of rotatable bonds is 9. The molecule has 0 unspecified atom stereocenters. The number of hydrogen-bond acceptors (Lipinski definition) is 6. The van der Waals surface area contributed by atoms with Crippen LogP contribution < -0.4 is 10.1 Å². The van der Waals surface area contributed by atoms with Gasteiger partial charge >= 0.3 is 0 Å². The highest BCUT2D eigenvalue weighted by atomic mass is 32.2. The van der Waals surface area contributed by atoms with Crippen LogP contribution in [-0.4, -0.2) is 42.4 Å². The number of carbonyl (C=O) groups excluding carboxylic acids is 1. The van der Waals surface area contributed by atoms with Gasteiger partial charge in [-0.1, -0.05) is 6.07 Å². The van der Waals surface area contributed by atoms with Crippen LogP contribution in [0.5, 0.6) is 11.6 Å². The third-order valence-electron chi connectivity index (χ3n) is 4.29. The first-order valence-corrected chi connectivity index (χ1v) is 10.9. The summed E-state index contributed by atoms with van der Waals surface area (Å²) in [5.74, 6) is 0.0495. The van der Waals surface area contributed by atoms with Crippen molar-refractivity contribution < 1.29 is 22.3 Å². The molecular weight excluding hydrogens is 423 g/mol. The van der Waals surface area contributed by atoms with Crippen LogP contribution in [-0.2, 0) is 14.8 Å². The fourth-order valence-corrected chi connectivity index (χ4v) is 3.90. The second kappa shape index (κ2) is 10.1. The highest BCUT2D eigenvalue weighted by molar-refractivity contribution is 7.89. The number of hydrogen-bond donors (Lipinski definition) is 1. The fourth-order valence-electron chi connectivity index (χ4n) is 2.69. The number of ether oxygens (including phenoxy) is 1. The first kappa shape index (κ1) is 22.3. The Morgan fingerprint density at radius 3 is 2.61 bits per heavy atom. The standard InChI is InChI=1S/C21H21FN4O4S/c1-26(31(28,29)19-11-9-16(22)10-12-19)14-4-7-20(27)24-17-5-2-6-18(15-17)30-21-8-3-13-23-25-21/h2-3,5-6,8-13,15H,4,7,14H2,1H3,(H,24,27). The number of sulfonamides is 1. The largest absolute Gasteiger partial charge is 0.437 e. The van der Waals surface area contributed by atoms with Crippen LogP contribution in [0.4, 0.5) is 10.1 Å². The van der Waals surface area contributed by atoms with Crippen LogP contribution >= 0.6 is 0 Å². The summed E-state index contributed by atoms with van der Waals surface area (Å²) in [6, 6.07) is 14.8. The van der Waals surface area contributed by atoms with Crippen molar-refractivity contribution in [1.29, 1.82) is 0 Å². The van der Waals surface area contributed by atoms with Gasteiger partial charge in [-0.25, -0.2) is 17.1 Å². The summed E-state index contributed by atoms with van der Waals surface area (Å²) in [5, 5.41) is 10.3. The first-order chi connectivity index (χ1) is 14.8. The minimum absolute atomic E-state index is 0.000715. The molecule has 1 N–H and O–H groups in total. The van der Waals surface area contributed by atoms with Gasteiger partial charge in [0.2, 0.25) is 21.8 Å². The molecule has 1 heterocycles. The molecule has 8 nitrogen and oxygen atoms in total. The van der Waals surface area contributed by atoms with Crippen LogP contribution in [0.2, 0.25) is 0 Å². The first-order valence-electron chi connectivity index (χ1n) is 9.42. The number of amides is 1. The van der Waals surface area contributed by atoms with Gasteiger partial charge in [-0.15, -0.1) is 5.10 Å². The van der Waals surface area contributed by atoms with Gasteiger partial charge in [0.05, 0.1) is 4.90 Å². The third-order valence-corrected chi connectivity index (χ3v) is 6.16. The zero-order valence-corrected chi connectivity index (χ0v) is 17.5. The van der Waals surface area contributed by atoms with Gasteiger partial charge in [0, 0.05) is 44.0 Å². The fraction of sp³-hybridized carbons (Fsp3) is 0.190. The van der Waals surface area contributed by atoms with Crippen molar-refractivity contribution in [2.75, 3.05) is 18.9 Å². The molecule has 0 fully saturated rings. The molecule has 0 saturated heterocycles. The van der Waals surface area contributed by atoms with E-state index in [4.69, 9.17) is 4.74 Å². The van der Waals surface area contributed by atoms with Crippen LogP contribution in [0.3, 0.4) is 0 Å². The summed E-state index contributed by atoms with van der Waals surface area (Å²) in [4.78, 5) is 12.2. The van der Waals surface area contributed by atoms with Crippen molar-refractivity contribution in [3.8, 4) is 11.6 Å². The van der Waals surface area contributed by atoms with Gasteiger partial charge in [0.25, 0.3) is 0 Å². The number of carbonyl (C=O) groups is 1. The molecule has 0 spiro atoms. The maximum Gasteiger partial charge on any atom is 0.242 e. The smallest absolute Gasteiger partial charge is 0.242 e. The Hall–Kier alpha value is -3.37. The summed E-state index contributed by atoms with van der Waals surface area (Å²) in [5.41, 5.74) is 0.540. The van der Waals surface area contributed by atoms with E-state index in [0.29, 0.717) is 23.7 Å². The van der Waals surface area contributed by atoms with Crippen molar-refractivity contribution in [2.24, 2.45) is 0 Å². The lowest BCUT2D eigenvalue weighted by molar-refractivity contribution is -0.116. The molecule has 0 atom stereocenters. The molecule has 10 heteroatoms. The summed E-state index contributed by atoms with van der Waals surface area (Å²) < 4.78 is 44.7. The second-order valence-electron chi connectivity index (χ2n) is 6.62. The van der Waals surface area contributed by atoms with Gasteiger partial charge in [-0.3, -0.25) is 4.79 Å². The highest BCUT2D eigenvalue weighted by Crippen LogP contribution is 2.22. The number of aromatic nitrogens is 2. The molecule has 3 aromatic rings. The molecule has 0 aliphatic heterocycles. The van der Waals surface area contributed by atoms with Crippen molar-refractivity contribution in [3.63, 3.8) is 0 Å². The van der Waals surface area contributed by atoms with E-state index in [9.17, 15) is 17.6 Å². The molecular formula is C21H21FN4O4S. The van der Waals surface area contributed by atoms with Crippen molar-refractivity contribution >= 4 is 21.6 Å². The normalized spacial score (nSPS) is 11.3. The van der Waals surface area contributed by atoms with E-state index >= 15 is 0 Å². The van der Waals surface area contributed by atoms with E-state index in [-0.39, 0.29) is 23.8 Å². The van der Waals surface area contributed by atoms with E-state index < -0.39 is 15.8 Å². The van der Waals surface area contributed by atoms with Gasteiger partial charge in [0.1, 0.15) is 11.6 Å². The Balaban J connectivity index is 1.50. The Bertz CT molecular complexity index is 1130. The predicted octanol–water partition coefficient (Wildman–Crippen LogP) is 3.45. The Morgan fingerprint density at radius 1 is 1.13 bits per heavy atom. The number of nitrogens with zero attached hydrogens (tertiary/aromatic N) is 3. The summed E-state index contributed by atoms with van der Waals surface area (Å²) in [6.45, 7) is 0.142. The summed E-state index contributed by atoms with van der Waals surface area (Å²) >= 11 is 0. The number of anilines is 1. The lowest BCUT2D eigenvalue weighted by Gasteiger charge is -2.17. The van der Waals surface area contributed by atoms with Gasteiger partial charge in [-0.2, -0.15) is 5.10 Å². The van der Waals surface area contributed by atoms with Crippen molar-refractivity contribution in [3.05, 3.63) is 72.7 Å². The van der Waals surface area contributed by atoms with E-state index in [2.05, 4.69) is 15.5 Å². The summed E-state index contributed by atoms with van der Waals surface area (Å²) in [7, 11) is -2.32. The second-order valence-corrected chi connectivity index (χ2v) is 8.67. The van der Waals surface area contributed by atoms with Crippen molar-refractivity contribution in [1.82, 2.24) is 14.5 Å². The monoisotopic (exact) mass is 444 g/mol. The molecule has 162 valence electrons. The Labute approximate surface area is 179 Å². The van der Waals surface area contributed by atoms with E-state index in [0.717, 1.165) is 16.4 Å². The molecule has 1 aromatic heterocycles. The molecule has 0 bridgehead atoms. The average Bonchev–Trinajstić information content (AvgIpc) is 2.75. The van der Waals surface area contributed by atoms with E-state index in [1.807, 2.05) is 0 Å². The van der Waals surface area contributed by atoms with Crippen LogP contribution in [0, 0.1) is 5.82 Å². The topological polar surface area (TPSA) is 101 Å². The highest BCUT2D eigenvalue weighted by Gasteiger charge is 2.20. The quantitative estimate of drug-likeness (QED) is 0.542. The lowest BCUT2D eigenvalue weighted by Crippen LogP contribution is -2.28. The number of nitrogens with one attached hydrogen (secondary N) is 1. The molecule has 2 aromatic carbocycles. The molecule has 0 aliphatic rings. The maximum absolute atomic E-state index is 13.0. The molecule has 0 aliphatic carbocycles. The molecule has 3 rings (SSSR count). The summed E-state index contributed by atoms with van der Waals surface area (Å²) in [6.07, 6.45) is 1.98.